The molecule has 2 aromatic rings. The molecule has 0 atom stereocenters. The van der Waals surface area contributed by atoms with Crippen molar-refractivity contribution in [3.05, 3.63) is 32.6 Å². The molecule has 1 saturated carbocycles. The van der Waals surface area contributed by atoms with Crippen LogP contribution in [0.5, 0.6) is 0 Å². The molecule has 0 aromatic carbocycles. The van der Waals surface area contributed by atoms with Crippen molar-refractivity contribution in [3.63, 3.8) is 0 Å². The average molecular weight is 451 g/mol. The van der Waals surface area contributed by atoms with Crippen LogP contribution in [0.1, 0.15) is 55.9 Å². The second-order valence-electron chi connectivity index (χ2n) is 8.81. The van der Waals surface area contributed by atoms with Crippen LogP contribution in [0.15, 0.2) is 15.7 Å². The Hall–Kier alpha value is -2.36. The maximum Gasteiger partial charge on any atom is 0.332 e. The smallest absolute Gasteiger partial charge is 0.332 e. The zero-order valence-electron chi connectivity index (χ0n) is 18.3. The first-order valence-corrected chi connectivity index (χ1v) is 12.6. The standard InChI is InChI=1S/C21H30N4O5S/c1-4-10-25-17(11-16-18(25)22(2)21(28)23(3)19(16)26)20(27)24-12-15(13-24)31(29,30)14-8-6-5-7-9-14/h11,14-15H,4-10,12-13H2,1-3H3. The van der Waals surface area contributed by atoms with Crippen molar-refractivity contribution in [1.29, 1.82) is 0 Å². The number of likely N-dealkylation sites (tertiary alicyclic amines) is 1. The van der Waals surface area contributed by atoms with Gasteiger partial charge in [-0.2, -0.15) is 0 Å². The summed E-state index contributed by atoms with van der Waals surface area (Å²) in [5, 5.41) is -0.485. The summed E-state index contributed by atoms with van der Waals surface area (Å²) in [4.78, 5) is 39.8. The minimum Gasteiger partial charge on any atom is -0.335 e. The largest absolute Gasteiger partial charge is 0.335 e. The Bertz CT molecular complexity index is 1240. The summed E-state index contributed by atoms with van der Waals surface area (Å²) < 4.78 is 30.0. The Morgan fingerprint density at radius 2 is 1.68 bits per heavy atom. The molecule has 1 aliphatic heterocycles. The van der Waals surface area contributed by atoms with Gasteiger partial charge in [0.2, 0.25) is 0 Å². The number of hydrogen-bond acceptors (Lipinski definition) is 5. The molecular formula is C21H30N4O5S. The van der Waals surface area contributed by atoms with Gasteiger partial charge in [-0.15, -0.1) is 0 Å². The third-order valence-corrected chi connectivity index (χ3v) is 9.41. The zero-order valence-corrected chi connectivity index (χ0v) is 19.2. The Labute approximate surface area is 181 Å². The van der Waals surface area contributed by atoms with Gasteiger partial charge in [0.05, 0.1) is 15.9 Å². The second-order valence-corrected chi connectivity index (χ2v) is 11.3. The fraction of sp³-hybridized carbons (Fsp3) is 0.667. The number of fused-ring (bicyclic) bond motifs is 1. The summed E-state index contributed by atoms with van der Waals surface area (Å²) >= 11 is 0. The van der Waals surface area contributed by atoms with Gasteiger partial charge in [-0.3, -0.25) is 18.7 Å². The van der Waals surface area contributed by atoms with E-state index in [2.05, 4.69) is 0 Å². The molecule has 0 N–H and O–H groups in total. The van der Waals surface area contributed by atoms with E-state index in [1.54, 1.807) is 11.6 Å². The average Bonchev–Trinajstić information content (AvgIpc) is 3.10. The molecule has 9 nitrogen and oxygen atoms in total. The van der Waals surface area contributed by atoms with Crippen molar-refractivity contribution in [1.82, 2.24) is 18.6 Å². The molecule has 0 spiro atoms. The molecule has 1 aliphatic carbocycles. The molecule has 170 valence electrons. The van der Waals surface area contributed by atoms with Crippen LogP contribution >= 0.6 is 0 Å². The third-order valence-electron chi connectivity index (χ3n) is 6.78. The SMILES string of the molecule is CCCn1c(C(=O)N2CC(S(=O)(=O)C3CCCCC3)C2)cc2c(=O)n(C)c(=O)n(C)c21. The van der Waals surface area contributed by atoms with E-state index in [1.807, 2.05) is 6.92 Å². The summed E-state index contributed by atoms with van der Waals surface area (Å²) in [5.41, 5.74) is -0.147. The first-order valence-electron chi connectivity index (χ1n) is 11.0. The van der Waals surface area contributed by atoms with Crippen molar-refractivity contribution in [2.75, 3.05) is 13.1 Å². The second kappa shape index (κ2) is 7.96. The Kier molecular flexibility index (Phi) is 5.61. The van der Waals surface area contributed by atoms with E-state index >= 15 is 0 Å². The predicted molar refractivity (Wildman–Crippen MR) is 118 cm³/mol. The summed E-state index contributed by atoms with van der Waals surface area (Å²) in [7, 11) is -0.243. The predicted octanol–water partition coefficient (Wildman–Crippen LogP) is 1.02. The van der Waals surface area contributed by atoms with Gasteiger partial charge in [0.25, 0.3) is 11.5 Å². The van der Waals surface area contributed by atoms with Gasteiger partial charge in [0, 0.05) is 33.7 Å². The normalized spacial score (nSPS) is 18.5. The van der Waals surface area contributed by atoms with Gasteiger partial charge >= 0.3 is 5.69 Å². The number of carbonyl (C=O) groups is 1. The topological polar surface area (TPSA) is 103 Å². The fourth-order valence-electron chi connectivity index (χ4n) is 4.91. The Balaban J connectivity index is 1.64. The van der Waals surface area contributed by atoms with E-state index in [-0.39, 0.29) is 24.2 Å². The summed E-state index contributed by atoms with van der Waals surface area (Å²) in [6.45, 7) is 2.79. The molecule has 3 heterocycles. The van der Waals surface area contributed by atoms with Crippen molar-refractivity contribution in [2.24, 2.45) is 14.1 Å². The van der Waals surface area contributed by atoms with Gasteiger partial charge in [-0.25, -0.2) is 13.2 Å². The van der Waals surface area contributed by atoms with E-state index in [4.69, 9.17) is 0 Å². The van der Waals surface area contributed by atoms with Crippen LogP contribution in [-0.2, 0) is 30.5 Å². The lowest BCUT2D eigenvalue weighted by molar-refractivity contribution is 0.0647. The highest BCUT2D eigenvalue weighted by Crippen LogP contribution is 2.31. The summed E-state index contributed by atoms with van der Waals surface area (Å²) in [5.74, 6) is -0.297. The van der Waals surface area contributed by atoms with Crippen molar-refractivity contribution < 1.29 is 13.2 Å². The molecule has 0 unspecified atom stereocenters. The van der Waals surface area contributed by atoms with Gasteiger partial charge in [0.1, 0.15) is 11.3 Å². The van der Waals surface area contributed by atoms with Crippen molar-refractivity contribution >= 4 is 26.8 Å². The van der Waals surface area contributed by atoms with Gasteiger partial charge < -0.3 is 9.47 Å². The first kappa shape index (κ1) is 21.9. The quantitative estimate of drug-likeness (QED) is 0.677. The lowest BCUT2D eigenvalue weighted by Gasteiger charge is -2.40. The maximum atomic E-state index is 13.2. The van der Waals surface area contributed by atoms with Crippen molar-refractivity contribution in [3.8, 4) is 0 Å². The van der Waals surface area contributed by atoms with E-state index in [1.165, 1.54) is 22.6 Å². The minimum absolute atomic E-state index is 0.183. The Morgan fingerprint density at radius 1 is 1.03 bits per heavy atom. The van der Waals surface area contributed by atoms with Crippen LogP contribution in [0.4, 0.5) is 0 Å². The highest BCUT2D eigenvalue weighted by molar-refractivity contribution is 7.92. The molecule has 10 heteroatoms. The number of nitrogens with zero attached hydrogens (tertiary/aromatic N) is 4. The molecule has 0 bridgehead atoms. The van der Waals surface area contributed by atoms with Crippen LogP contribution in [0.25, 0.3) is 11.0 Å². The lowest BCUT2D eigenvalue weighted by Crippen LogP contribution is -2.59. The van der Waals surface area contributed by atoms with Crippen LogP contribution in [0, 0.1) is 0 Å². The number of sulfone groups is 1. The van der Waals surface area contributed by atoms with Gasteiger partial charge in [-0.1, -0.05) is 26.2 Å². The van der Waals surface area contributed by atoms with E-state index in [0.717, 1.165) is 36.7 Å². The molecular weight excluding hydrogens is 420 g/mol. The number of carbonyl (C=O) groups excluding carboxylic acids is 1. The number of hydrogen-bond donors (Lipinski definition) is 0. The Morgan fingerprint density at radius 3 is 2.29 bits per heavy atom. The first-order chi connectivity index (χ1) is 14.7. The van der Waals surface area contributed by atoms with E-state index in [9.17, 15) is 22.8 Å². The lowest BCUT2D eigenvalue weighted by atomic mass is 10.0. The molecule has 1 amide bonds. The molecule has 4 rings (SSSR count). The molecule has 31 heavy (non-hydrogen) atoms. The molecule has 1 saturated heterocycles. The number of aromatic nitrogens is 3. The number of amides is 1. The monoisotopic (exact) mass is 450 g/mol. The van der Waals surface area contributed by atoms with E-state index in [0.29, 0.717) is 29.7 Å². The number of aryl methyl sites for hydroxylation is 2. The fourth-order valence-corrected chi connectivity index (χ4v) is 7.22. The van der Waals surface area contributed by atoms with Crippen LogP contribution in [0.3, 0.4) is 0 Å². The maximum absolute atomic E-state index is 13.2. The van der Waals surface area contributed by atoms with Gasteiger partial charge in [-0.05, 0) is 25.3 Å². The third kappa shape index (κ3) is 3.44. The summed E-state index contributed by atoms with van der Waals surface area (Å²) in [6, 6.07) is 1.54. The van der Waals surface area contributed by atoms with E-state index < -0.39 is 26.3 Å². The van der Waals surface area contributed by atoms with Gasteiger partial charge in [0.15, 0.2) is 9.84 Å². The summed E-state index contributed by atoms with van der Waals surface area (Å²) in [6.07, 6.45) is 5.13. The van der Waals surface area contributed by atoms with Crippen LogP contribution < -0.4 is 11.2 Å². The number of rotatable bonds is 5. The zero-order chi connectivity index (χ0) is 22.5. The minimum atomic E-state index is -3.24. The molecule has 2 aliphatic rings. The van der Waals surface area contributed by atoms with Crippen LogP contribution in [0.2, 0.25) is 0 Å². The van der Waals surface area contributed by atoms with Crippen LogP contribution in [-0.4, -0.2) is 56.5 Å². The molecule has 2 aromatic heterocycles. The molecule has 2 fully saturated rings. The molecule has 0 radical (unpaired) electrons. The highest BCUT2D eigenvalue weighted by atomic mass is 32.2. The van der Waals surface area contributed by atoms with Crippen molar-refractivity contribution in [2.45, 2.75) is 62.5 Å². The highest BCUT2D eigenvalue weighted by Gasteiger charge is 2.44.